The predicted octanol–water partition coefficient (Wildman–Crippen LogP) is 4.17. The Labute approximate surface area is 168 Å². The quantitative estimate of drug-likeness (QED) is 0.533. The minimum Gasteiger partial charge on any atom is -0.493 e. The molecule has 0 radical (unpaired) electrons. The van der Waals surface area contributed by atoms with Crippen LogP contribution in [0.1, 0.15) is 25.3 Å². The van der Waals surface area contributed by atoms with Crippen molar-refractivity contribution in [3.8, 4) is 23.0 Å². The fourth-order valence-corrected chi connectivity index (χ4v) is 2.56. The van der Waals surface area contributed by atoms with Crippen molar-refractivity contribution >= 4 is 5.91 Å². The highest BCUT2D eigenvalue weighted by atomic mass is 19.3. The van der Waals surface area contributed by atoms with E-state index in [-0.39, 0.29) is 24.0 Å². The van der Waals surface area contributed by atoms with Crippen molar-refractivity contribution in [3.05, 3.63) is 48.0 Å². The van der Waals surface area contributed by atoms with Crippen molar-refractivity contribution in [2.24, 2.45) is 0 Å². The molecule has 0 atom stereocenters. The zero-order valence-corrected chi connectivity index (χ0v) is 16.5. The molecule has 8 heteroatoms. The first-order chi connectivity index (χ1) is 14.0. The largest absolute Gasteiger partial charge is 0.493 e. The molecule has 0 aromatic heterocycles. The second-order valence-electron chi connectivity index (χ2n) is 5.97. The third-order valence-electron chi connectivity index (χ3n) is 3.89. The van der Waals surface area contributed by atoms with E-state index in [1.54, 1.807) is 12.1 Å². The lowest BCUT2D eigenvalue weighted by molar-refractivity contribution is -0.121. The van der Waals surface area contributed by atoms with Gasteiger partial charge in [0.25, 0.3) is 0 Å². The Balaban J connectivity index is 1.75. The predicted molar refractivity (Wildman–Crippen MR) is 104 cm³/mol. The summed E-state index contributed by atoms with van der Waals surface area (Å²) in [5, 5.41) is 2.78. The lowest BCUT2D eigenvalue weighted by Crippen LogP contribution is -2.23. The SMILES string of the molecule is CCOc1ccccc1OCCCC(=O)NCc1ccc(OC(F)F)c(OC)c1. The molecule has 0 saturated heterocycles. The first-order valence-corrected chi connectivity index (χ1v) is 9.26. The fraction of sp³-hybridized carbons (Fsp3) is 0.381. The highest BCUT2D eigenvalue weighted by Gasteiger charge is 2.11. The van der Waals surface area contributed by atoms with Gasteiger partial charge in [-0.1, -0.05) is 18.2 Å². The lowest BCUT2D eigenvalue weighted by Gasteiger charge is -2.12. The van der Waals surface area contributed by atoms with E-state index in [0.29, 0.717) is 43.1 Å². The summed E-state index contributed by atoms with van der Waals surface area (Å²) >= 11 is 0. The second kappa shape index (κ2) is 11.7. The molecule has 1 N–H and O–H groups in total. The number of para-hydroxylation sites is 2. The number of hydrogen-bond acceptors (Lipinski definition) is 5. The summed E-state index contributed by atoms with van der Waals surface area (Å²) in [6.07, 6.45) is 0.831. The molecular weight excluding hydrogens is 384 g/mol. The highest BCUT2D eigenvalue weighted by Crippen LogP contribution is 2.29. The third-order valence-corrected chi connectivity index (χ3v) is 3.89. The number of methoxy groups -OCH3 is 1. The zero-order valence-electron chi connectivity index (χ0n) is 16.5. The van der Waals surface area contributed by atoms with E-state index in [1.165, 1.54) is 13.2 Å². The molecule has 2 rings (SSSR count). The molecule has 0 aliphatic heterocycles. The molecule has 29 heavy (non-hydrogen) atoms. The minimum absolute atomic E-state index is 0.0536. The molecule has 0 bridgehead atoms. The maximum atomic E-state index is 12.4. The van der Waals surface area contributed by atoms with Gasteiger partial charge in [0.15, 0.2) is 23.0 Å². The van der Waals surface area contributed by atoms with E-state index < -0.39 is 6.61 Å². The number of carbonyl (C=O) groups is 1. The Morgan fingerprint density at radius 1 is 1.03 bits per heavy atom. The lowest BCUT2D eigenvalue weighted by atomic mass is 10.2. The van der Waals surface area contributed by atoms with E-state index in [4.69, 9.17) is 14.2 Å². The molecule has 2 aromatic rings. The Kier molecular flexibility index (Phi) is 9.01. The molecule has 0 spiro atoms. The number of rotatable bonds is 12. The number of alkyl halides is 2. The van der Waals surface area contributed by atoms with Crippen molar-refractivity contribution in [2.75, 3.05) is 20.3 Å². The van der Waals surface area contributed by atoms with E-state index in [1.807, 2.05) is 31.2 Å². The molecule has 0 aliphatic carbocycles. The molecular formula is C21H25F2NO5. The molecule has 0 fully saturated rings. The summed E-state index contributed by atoms with van der Waals surface area (Å²) in [6.45, 7) is 0.138. The van der Waals surface area contributed by atoms with Crippen LogP contribution in [0.4, 0.5) is 8.78 Å². The van der Waals surface area contributed by atoms with Crippen LogP contribution in [0, 0.1) is 0 Å². The van der Waals surface area contributed by atoms with Gasteiger partial charge in [0.1, 0.15) is 0 Å². The van der Waals surface area contributed by atoms with Crippen LogP contribution in [0.25, 0.3) is 0 Å². The van der Waals surface area contributed by atoms with Gasteiger partial charge in [0.2, 0.25) is 5.91 Å². The van der Waals surface area contributed by atoms with Crippen molar-refractivity contribution in [1.29, 1.82) is 0 Å². The third kappa shape index (κ3) is 7.48. The highest BCUT2D eigenvalue weighted by molar-refractivity contribution is 5.75. The second-order valence-corrected chi connectivity index (χ2v) is 5.97. The van der Waals surface area contributed by atoms with Gasteiger partial charge in [-0.15, -0.1) is 0 Å². The van der Waals surface area contributed by atoms with Gasteiger partial charge in [0.05, 0.1) is 20.3 Å². The van der Waals surface area contributed by atoms with Gasteiger partial charge in [-0.05, 0) is 43.2 Å². The number of halogens is 2. The van der Waals surface area contributed by atoms with Gasteiger partial charge in [0, 0.05) is 13.0 Å². The summed E-state index contributed by atoms with van der Waals surface area (Å²) in [5.74, 6) is 1.31. The average molecular weight is 409 g/mol. The summed E-state index contributed by atoms with van der Waals surface area (Å²) in [4.78, 5) is 12.0. The summed E-state index contributed by atoms with van der Waals surface area (Å²) in [7, 11) is 1.36. The van der Waals surface area contributed by atoms with Gasteiger partial charge in [-0.25, -0.2) is 0 Å². The van der Waals surface area contributed by atoms with Crippen molar-refractivity contribution in [2.45, 2.75) is 32.9 Å². The Morgan fingerprint density at radius 2 is 1.76 bits per heavy atom. The van der Waals surface area contributed by atoms with Gasteiger partial charge >= 0.3 is 6.61 Å². The van der Waals surface area contributed by atoms with Crippen LogP contribution in [-0.2, 0) is 11.3 Å². The van der Waals surface area contributed by atoms with Crippen molar-refractivity contribution in [1.82, 2.24) is 5.32 Å². The maximum Gasteiger partial charge on any atom is 0.387 e. The number of nitrogens with one attached hydrogen (secondary N) is 1. The standard InChI is InChI=1S/C21H25F2NO5/c1-3-27-16-7-4-5-8-17(16)28-12-6-9-20(25)24-14-15-10-11-18(29-21(22)23)19(13-15)26-2/h4-5,7-8,10-11,13,21H,3,6,9,12,14H2,1-2H3,(H,24,25). The monoisotopic (exact) mass is 409 g/mol. The topological polar surface area (TPSA) is 66.0 Å². The number of benzene rings is 2. The van der Waals surface area contributed by atoms with Crippen LogP contribution in [-0.4, -0.2) is 32.8 Å². The van der Waals surface area contributed by atoms with Crippen LogP contribution in [0.15, 0.2) is 42.5 Å². The maximum absolute atomic E-state index is 12.4. The fourth-order valence-electron chi connectivity index (χ4n) is 2.56. The summed E-state index contributed by atoms with van der Waals surface area (Å²) in [5.41, 5.74) is 0.707. The van der Waals surface area contributed by atoms with E-state index >= 15 is 0 Å². The molecule has 0 heterocycles. The molecule has 2 aromatic carbocycles. The van der Waals surface area contributed by atoms with Gasteiger partial charge in [-0.2, -0.15) is 8.78 Å². The normalized spacial score (nSPS) is 10.5. The Morgan fingerprint density at radius 3 is 2.41 bits per heavy atom. The number of ether oxygens (including phenoxy) is 4. The van der Waals surface area contributed by atoms with Crippen molar-refractivity contribution < 1.29 is 32.5 Å². The Hall–Kier alpha value is -3.03. The molecule has 158 valence electrons. The van der Waals surface area contributed by atoms with Crippen LogP contribution in [0.3, 0.4) is 0 Å². The van der Waals surface area contributed by atoms with Crippen LogP contribution in [0.5, 0.6) is 23.0 Å². The smallest absolute Gasteiger partial charge is 0.387 e. The molecule has 6 nitrogen and oxygen atoms in total. The van der Waals surface area contributed by atoms with Gasteiger partial charge < -0.3 is 24.3 Å². The Bertz CT molecular complexity index is 785. The van der Waals surface area contributed by atoms with E-state index in [2.05, 4.69) is 10.1 Å². The number of carbonyl (C=O) groups excluding carboxylic acids is 1. The van der Waals surface area contributed by atoms with Gasteiger partial charge in [-0.3, -0.25) is 4.79 Å². The van der Waals surface area contributed by atoms with Crippen LogP contribution < -0.4 is 24.3 Å². The van der Waals surface area contributed by atoms with Crippen LogP contribution >= 0.6 is 0 Å². The average Bonchev–Trinajstić information content (AvgIpc) is 2.71. The molecule has 0 saturated carbocycles. The molecule has 0 aliphatic rings. The number of amides is 1. The number of hydrogen-bond donors (Lipinski definition) is 1. The minimum atomic E-state index is -2.93. The summed E-state index contributed by atoms with van der Waals surface area (Å²) < 4.78 is 45.3. The molecule has 1 amide bonds. The van der Waals surface area contributed by atoms with E-state index in [9.17, 15) is 13.6 Å². The zero-order chi connectivity index (χ0) is 21.1. The molecule has 0 unspecified atom stereocenters. The van der Waals surface area contributed by atoms with Crippen molar-refractivity contribution in [3.63, 3.8) is 0 Å². The first-order valence-electron chi connectivity index (χ1n) is 9.26. The van der Waals surface area contributed by atoms with Crippen LogP contribution in [0.2, 0.25) is 0 Å². The summed E-state index contributed by atoms with van der Waals surface area (Å²) in [6, 6.07) is 11.9. The first kappa shape index (κ1) is 22.3. The van der Waals surface area contributed by atoms with E-state index in [0.717, 1.165) is 0 Å².